The molecule has 0 radical (unpaired) electrons. The molecule has 0 aliphatic heterocycles. The van der Waals surface area contributed by atoms with Gasteiger partial charge in [0.1, 0.15) is 17.2 Å². The molecular formula is C17H18I2N2O3. The van der Waals surface area contributed by atoms with Gasteiger partial charge in [0, 0.05) is 0 Å². The van der Waals surface area contributed by atoms with E-state index in [0.29, 0.717) is 12.2 Å². The number of nitrogens with two attached hydrogens (primary N) is 2. The number of rotatable bonds is 5. The first-order valence-corrected chi connectivity index (χ1v) is 9.35. The smallest absolute Gasteiger partial charge is 0.234 e. The van der Waals surface area contributed by atoms with Crippen LogP contribution in [0.2, 0.25) is 0 Å². The van der Waals surface area contributed by atoms with Crippen molar-refractivity contribution in [3.63, 3.8) is 0 Å². The lowest BCUT2D eigenvalue weighted by Crippen LogP contribution is -2.38. The zero-order valence-corrected chi connectivity index (χ0v) is 17.6. The number of phenols is 1. The topological polar surface area (TPSA) is 98.6 Å². The van der Waals surface area contributed by atoms with E-state index in [0.717, 1.165) is 29.6 Å². The highest BCUT2D eigenvalue weighted by Crippen LogP contribution is 2.35. The Balaban J connectivity index is 2.30. The van der Waals surface area contributed by atoms with Gasteiger partial charge in [0.2, 0.25) is 5.91 Å². The first kappa shape index (κ1) is 19.3. The van der Waals surface area contributed by atoms with E-state index in [1.165, 1.54) is 0 Å². The van der Waals surface area contributed by atoms with Gasteiger partial charge < -0.3 is 21.3 Å². The number of amides is 1. The van der Waals surface area contributed by atoms with Crippen LogP contribution in [0.4, 0.5) is 0 Å². The molecule has 0 saturated heterocycles. The van der Waals surface area contributed by atoms with Gasteiger partial charge in [-0.25, -0.2) is 0 Å². The van der Waals surface area contributed by atoms with Crippen molar-refractivity contribution in [1.82, 2.24) is 0 Å². The van der Waals surface area contributed by atoms with Gasteiger partial charge in [0.15, 0.2) is 0 Å². The minimum Gasteiger partial charge on any atom is -0.507 e. The van der Waals surface area contributed by atoms with Gasteiger partial charge in [-0.2, -0.15) is 0 Å². The third-order valence-corrected chi connectivity index (χ3v) is 5.18. The van der Waals surface area contributed by atoms with E-state index in [4.69, 9.17) is 16.2 Å². The molecule has 1 unspecified atom stereocenters. The summed E-state index contributed by atoms with van der Waals surface area (Å²) in [6.45, 7) is 3.77. The molecule has 0 heterocycles. The maximum Gasteiger partial charge on any atom is 0.234 e. The first-order chi connectivity index (χ1) is 11.2. The maximum atomic E-state index is 11.1. The third kappa shape index (κ3) is 4.51. The Morgan fingerprint density at radius 3 is 2.38 bits per heavy atom. The van der Waals surface area contributed by atoms with Crippen LogP contribution < -0.4 is 16.2 Å². The fourth-order valence-electron chi connectivity index (χ4n) is 2.29. The Hall–Kier alpha value is -1.07. The van der Waals surface area contributed by atoms with E-state index in [9.17, 15) is 9.90 Å². The van der Waals surface area contributed by atoms with E-state index in [-0.39, 0.29) is 5.75 Å². The van der Waals surface area contributed by atoms with Gasteiger partial charge in [-0.3, -0.25) is 4.79 Å². The van der Waals surface area contributed by atoms with Crippen LogP contribution in [0.25, 0.3) is 0 Å². The molecule has 128 valence electrons. The molecule has 0 spiro atoms. The summed E-state index contributed by atoms with van der Waals surface area (Å²) < 4.78 is 7.67. The highest BCUT2D eigenvalue weighted by Gasteiger charge is 2.15. The number of carbonyl (C=O) groups is 1. The van der Waals surface area contributed by atoms with E-state index in [1.807, 2.05) is 26.0 Å². The molecule has 2 rings (SSSR count). The normalized spacial score (nSPS) is 12.0. The summed E-state index contributed by atoms with van der Waals surface area (Å²) in [5.41, 5.74) is 13.6. The number of hydrogen-bond acceptors (Lipinski definition) is 4. The molecule has 5 nitrogen and oxygen atoms in total. The molecule has 0 bridgehead atoms. The van der Waals surface area contributed by atoms with Crippen molar-refractivity contribution in [3.8, 4) is 17.2 Å². The molecule has 1 amide bonds. The quantitative estimate of drug-likeness (QED) is 0.496. The van der Waals surface area contributed by atoms with Gasteiger partial charge in [-0.15, -0.1) is 0 Å². The molecule has 0 saturated carbocycles. The van der Waals surface area contributed by atoms with Gasteiger partial charge in [-0.1, -0.05) is 6.07 Å². The summed E-state index contributed by atoms with van der Waals surface area (Å²) in [5, 5.41) is 9.86. The predicted octanol–water partition coefficient (Wildman–Crippen LogP) is 3.37. The van der Waals surface area contributed by atoms with Crippen LogP contribution in [-0.2, 0) is 11.2 Å². The standard InChI is InChI=1S/C17H18I2N2O3/c1-8-4-11(7-12(18)15(8)22)24-16-9(2)3-10(5-13(16)19)6-14(20)17(21)23/h3-5,7,14,22H,6,20H2,1-2H3,(H2,21,23). The second kappa shape index (κ2) is 7.87. The molecule has 0 aromatic heterocycles. The van der Waals surface area contributed by atoms with Gasteiger partial charge in [0.25, 0.3) is 0 Å². The second-order valence-electron chi connectivity index (χ2n) is 5.61. The van der Waals surface area contributed by atoms with Crippen LogP contribution in [-0.4, -0.2) is 17.1 Å². The van der Waals surface area contributed by atoms with E-state index >= 15 is 0 Å². The Morgan fingerprint density at radius 2 is 1.83 bits per heavy atom. The number of phenolic OH excluding ortho intramolecular Hbond substituents is 1. The highest BCUT2D eigenvalue weighted by molar-refractivity contribution is 14.1. The highest BCUT2D eigenvalue weighted by atomic mass is 127. The van der Waals surface area contributed by atoms with Crippen LogP contribution in [0, 0.1) is 21.0 Å². The zero-order chi connectivity index (χ0) is 18.0. The number of aryl methyl sites for hydroxylation is 2. The minimum absolute atomic E-state index is 0.269. The Labute approximate surface area is 168 Å². The molecule has 0 aliphatic rings. The molecular weight excluding hydrogens is 534 g/mol. The van der Waals surface area contributed by atoms with Crippen LogP contribution >= 0.6 is 45.2 Å². The van der Waals surface area contributed by atoms with Crippen LogP contribution in [0.15, 0.2) is 24.3 Å². The van der Waals surface area contributed by atoms with Crippen molar-refractivity contribution < 1.29 is 14.6 Å². The van der Waals surface area contributed by atoms with E-state index < -0.39 is 11.9 Å². The number of aromatic hydroxyl groups is 1. The SMILES string of the molecule is Cc1cc(Oc2c(C)cc(CC(N)C(N)=O)cc2I)cc(I)c1O. The van der Waals surface area contributed by atoms with Crippen molar-refractivity contribution in [2.24, 2.45) is 11.5 Å². The number of carbonyl (C=O) groups excluding carboxylic acids is 1. The van der Waals surface area contributed by atoms with Gasteiger partial charge in [0.05, 0.1) is 13.2 Å². The average molecular weight is 552 g/mol. The maximum absolute atomic E-state index is 11.1. The number of primary amides is 1. The molecule has 24 heavy (non-hydrogen) atoms. The molecule has 0 aliphatic carbocycles. The first-order valence-electron chi connectivity index (χ1n) is 7.20. The summed E-state index contributed by atoms with van der Waals surface area (Å²) in [5.74, 6) is 1.16. The lowest BCUT2D eigenvalue weighted by atomic mass is 10.0. The van der Waals surface area contributed by atoms with Crippen molar-refractivity contribution in [3.05, 3.63) is 48.1 Å². The summed E-state index contributed by atoms with van der Waals surface area (Å²) in [6.07, 6.45) is 0.392. The lowest BCUT2D eigenvalue weighted by Gasteiger charge is -2.15. The Morgan fingerprint density at radius 1 is 1.17 bits per heavy atom. The average Bonchev–Trinajstić information content (AvgIpc) is 2.48. The van der Waals surface area contributed by atoms with Crippen molar-refractivity contribution in [2.45, 2.75) is 26.3 Å². The number of halogens is 2. The summed E-state index contributed by atoms with van der Waals surface area (Å²) in [6, 6.07) is 6.76. The second-order valence-corrected chi connectivity index (χ2v) is 7.93. The Bertz CT molecular complexity index is 747. The predicted molar refractivity (Wildman–Crippen MR) is 110 cm³/mol. The van der Waals surface area contributed by atoms with Crippen molar-refractivity contribution in [2.75, 3.05) is 0 Å². The zero-order valence-electron chi connectivity index (χ0n) is 13.3. The van der Waals surface area contributed by atoms with Crippen LogP contribution in [0.5, 0.6) is 17.2 Å². The molecule has 5 N–H and O–H groups in total. The number of hydrogen-bond donors (Lipinski definition) is 3. The van der Waals surface area contributed by atoms with Crippen molar-refractivity contribution >= 4 is 51.1 Å². The van der Waals surface area contributed by atoms with Crippen LogP contribution in [0.1, 0.15) is 16.7 Å². The van der Waals surface area contributed by atoms with Crippen molar-refractivity contribution in [1.29, 1.82) is 0 Å². The number of benzene rings is 2. The summed E-state index contributed by atoms with van der Waals surface area (Å²) in [4.78, 5) is 11.1. The fourth-order valence-corrected chi connectivity index (χ4v) is 3.95. The molecule has 2 aromatic rings. The number of ether oxygens (including phenoxy) is 1. The fraction of sp³-hybridized carbons (Fsp3) is 0.235. The van der Waals surface area contributed by atoms with Crippen LogP contribution in [0.3, 0.4) is 0 Å². The summed E-state index contributed by atoms with van der Waals surface area (Å²) >= 11 is 4.26. The monoisotopic (exact) mass is 552 g/mol. The third-order valence-electron chi connectivity index (χ3n) is 3.56. The Kier molecular flexibility index (Phi) is 6.32. The van der Waals surface area contributed by atoms with Gasteiger partial charge in [-0.05, 0) is 100 Å². The summed E-state index contributed by atoms with van der Waals surface area (Å²) in [7, 11) is 0. The molecule has 1 atom stereocenters. The van der Waals surface area contributed by atoms with E-state index in [2.05, 4.69) is 45.2 Å². The lowest BCUT2D eigenvalue weighted by molar-refractivity contribution is -0.119. The van der Waals surface area contributed by atoms with Gasteiger partial charge >= 0.3 is 0 Å². The minimum atomic E-state index is -0.701. The molecule has 0 fully saturated rings. The largest absolute Gasteiger partial charge is 0.507 e. The molecule has 7 heteroatoms. The van der Waals surface area contributed by atoms with E-state index in [1.54, 1.807) is 12.1 Å². The molecule has 2 aromatic carbocycles.